The third-order valence-corrected chi connectivity index (χ3v) is 5.69. The Morgan fingerprint density at radius 1 is 0.935 bits per heavy atom. The van der Waals surface area contributed by atoms with Crippen molar-refractivity contribution in [3.63, 3.8) is 0 Å². The highest BCUT2D eigenvalue weighted by Crippen LogP contribution is 2.18. The van der Waals surface area contributed by atoms with Gasteiger partial charge in [0.15, 0.2) is 0 Å². The molecule has 31 heavy (non-hydrogen) atoms. The van der Waals surface area contributed by atoms with Gasteiger partial charge in [-0.3, -0.25) is 9.69 Å². The zero-order valence-corrected chi connectivity index (χ0v) is 18.8. The number of piperidine rings is 1. The van der Waals surface area contributed by atoms with Crippen molar-refractivity contribution in [1.29, 1.82) is 0 Å². The number of likely N-dealkylation sites (tertiary alicyclic amines) is 1. The van der Waals surface area contributed by atoms with E-state index in [1.54, 1.807) is 12.1 Å². The van der Waals surface area contributed by atoms with Crippen molar-refractivity contribution in [3.05, 3.63) is 70.2 Å². The summed E-state index contributed by atoms with van der Waals surface area (Å²) in [6, 6.07) is 15.2. The van der Waals surface area contributed by atoms with Crippen LogP contribution in [0.1, 0.15) is 36.5 Å². The Balaban J connectivity index is 1.32. The van der Waals surface area contributed by atoms with E-state index in [9.17, 15) is 9.59 Å². The second kappa shape index (κ2) is 11.7. The number of urea groups is 1. The van der Waals surface area contributed by atoms with Gasteiger partial charge in [-0.15, -0.1) is 0 Å². The number of halogens is 1. The van der Waals surface area contributed by atoms with Gasteiger partial charge in [-0.05, 0) is 54.1 Å². The number of rotatable bonds is 8. The largest absolute Gasteiger partial charge is 0.350 e. The van der Waals surface area contributed by atoms with Crippen molar-refractivity contribution in [2.45, 2.75) is 39.4 Å². The van der Waals surface area contributed by atoms with E-state index in [2.05, 4.69) is 52.0 Å². The molecule has 166 valence electrons. The molecule has 1 aliphatic heterocycles. The van der Waals surface area contributed by atoms with Crippen molar-refractivity contribution in [2.24, 2.45) is 5.92 Å². The maximum atomic E-state index is 12.0. The number of carbonyl (C=O) groups is 2. The summed E-state index contributed by atoms with van der Waals surface area (Å²) in [4.78, 5) is 26.4. The lowest BCUT2D eigenvalue weighted by atomic mass is 9.99. The molecular formula is C24H31ClN4O2. The number of nitrogens with zero attached hydrogens (tertiary/aromatic N) is 1. The zero-order chi connectivity index (χ0) is 22.1. The Bertz CT molecular complexity index is 855. The first-order valence-corrected chi connectivity index (χ1v) is 11.2. The summed E-state index contributed by atoms with van der Waals surface area (Å²) < 4.78 is 0. The molecule has 3 rings (SSSR count). The first-order valence-electron chi connectivity index (χ1n) is 10.8. The molecule has 3 amide bonds. The van der Waals surface area contributed by atoms with E-state index >= 15 is 0 Å². The van der Waals surface area contributed by atoms with Gasteiger partial charge in [-0.1, -0.05) is 54.9 Å². The van der Waals surface area contributed by atoms with E-state index in [4.69, 9.17) is 11.6 Å². The summed E-state index contributed by atoms with van der Waals surface area (Å²) in [5.74, 6) is 0.546. The standard InChI is InChI=1S/C24H31ClN4O2/c1-18-3-2-12-29(16-18)17-21-6-4-19(5-7-21)13-26-23(30)15-28-24(31)27-14-20-8-10-22(25)11-9-20/h4-11,18H,2-3,12-17H2,1H3,(H,26,30)(H2,27,28,31). The molecule has 2 aromatic carbocycles. The first kappa shape index (κ1) is 23.1. The molecule has 0 aliphatic carbocycles. The van der Waals surface area contributed by atoms with Crippen LogP contribution in [0, 0.1) is 5.92 Å². The van der Waals surface area contributed by atoms with Crippen LogP contribution in [-0.2, 0) is 24.4 Å². The molecule has 0 aromatic heterocycles. The van der Waals surface area contributed by atoms with Crippen molar-refractivity contribution in [1.82, 2.24) is 20.9 Å². The smallest absolute Gasteiger partial charge is 0.315 e. The number of carbonyl (C=O) groups excluding carboxylic acids is 2. The molecule has 1 atom stereocenters. The van der Waals surface area contributed by atoms with Crippen LogP contribution < -0.4 is 16.0 Å². The average molecular weight is 443 g/mol. The highest BCUT2D eigenvalue weighted by molar-refractivity contribution is 6.30. The lowest BCUT2D eigenvalue weighted by Gasteiger charge is -2.30. The predicted molar refractivity (Wildman–Crippen MR) is 124 cm³/mol. The topological polar surface area (TPSA) is 73.5 Å². The van der Waals surface area contributed by atoms with Crippen molar-refractivity contribution < 1.29 is 9.59 Å². The molecule has 1 unspecified atom stereocenters. The summed E-state index contributed by atoms with van der Waals surface area (Å²) in [5, 5.41) is 8.76. The minimum atomic E-state index is -0.388. The fraction of sp³-hybridized carbons (Fsp3) is 0.417. The molecule has 1 heterocycles. The van der Waals surface area contributed by atoms with Crippen LogP contribution >= 0.6 is 11.6 Å². The van der Waals surface area contributed by atoms with E-state index in [0.29, 0.717) is 18.1 Å². The highest BCUT2D eigenvalue weighted by atomic mass is 35.5. The third-order valence-electron chi connectivity index (χ3n) is 5.44. The summed E-state index contributed by atoms with van der Waals surface area (Å²) in [6.07, 6.45) is 2.60. The van der Waals surface area contributed by atoms with Gasteiger partial charge in [0, 0.05) is 31.2 Å². The second-order valence-corrected chi connectivity index (χ2v) is 8.67. The minimum Gasteiger partial charge on any atom is -0.350 e. The number of benzene rings is 2. The van der Waals surface area contributed by atoms with E-state index in [-0.39, 0.29) is 18.5 Å². The summed E-state index contributed by atoms with van der Waals surface area (Å²) in [7, 11) is 0. The Labute approximate surface area is 189 Å². The Morgan fingerprint density at radius 2 is 1.55 bits per heavy atom. The van der Waals surface area contributed by atoms with Crippen molar-refractivity contribution in [3.8, 4) is 0 Å². The zero-order valence-electron chi connectivity index (χ0n) is 18.0. The fourth-order valence-corrected chi connectivity index (χ4v) is 3.85. The minimum absolute atomic E-state index is 0.0717. The monoisotopic (exact) mass is 442 g/mol. The average Bonchev–Trinajstić information content (AvgIpc) is 2.77. The molecule has 0 bridgehead atoms. The lowest BCUT2D eigenvalue weighted by Crippen LogP contribution is -2.41. The van der Waals surface area contributed by atoms with Crippen LogP contribution in [-0.4, -0.2) is 36.5 Å². The number of hydrogen-bond donors (Lipinski definition) is 3. The summed E-state index contributed by atoms with van der Waals surface area (Å²) >= 11 is 5.84. The van der Waals surface area contributed by atoms with E-state index in [1.807, 2.05) is 12.1 Å². The molecule has 3 N–H and O–H groups in total. The van der Waals surface area contributed by atoms with Crippen molar-refractivity contribution in [2.75, 3.05) is 19.6 Å². The SMILES string of the molecule is CC1CCCN(Cc2ccc(CNC(=O)CNC(=O)NCc3ccc(Cl)cc3)cc2)C1. The predicted octanol–water partition coefficient (Wildman–Crippen LogP) is 3.69. The maximum absolute atomic E-state index is 12.0. The van der Waals surface area contributed by atoms with Gasteiger partial charge in [-0.25, -0.2) is 4.79 Å². The highest BCUT2D eigenvalue weighted by Gasteiger charge is 2.16. The molecular weight excluding hydrogens is 412 g/mol. The normalized spacial score (nSPS) is 16.5. The van der Waals surface area contributed by atoms with Crippen LogP contribution in [0.25, 0.3) is 0 Å². The maximum Gasteiger partial charge on any atom is 0.315 e. The van der Waals surface area contributed by atoms with Gasteiger partial charge in [0.2, 0.25) is 5.91 Å². The number of amides is 3. The van der Waals surface area contributed by atoms with Gasteiger partial charge >= 0.3 is 6.03 Å². The first-order chi connectivity index (χ1) is 15.0. The molecule has 0 spiro atoms. The molecule has 6 nitrogen and oxygen atoms in total. The molecule has 0 saturated carbocycles. The number of nitrogens with one attached hydrogen (secondary N) is 3. The van der Waals surface area contributed by atoms with Gasteiger partial charge in [0.1, 0.15) is 0 Å². The molecule has 1 fully saturated rings. The van der Waals surface area contributed by atoms with Crippen LogP contribution in [0.3, 0.4) is 0 Å². The molecule has 2 aromatic rings. The number of hydrogen-bond acceptors (Lipinski definition) is 3. The Hall–Kier alpha value is -2.57. The van der Waals surface area contributed by atoms with Gasteiger partial charge < -0.3 is 16.0 Å². The van der Waals surface area contributed by atoms with Gasteiger partial charge in [0.25, 0.3) is 0 Å². The quantitative estimate of drug-likeness (QED) is 0.583. The Kier molecular flexibility index (Phi) is 8.74. The summed E-state index contributed by atoms with van der Waals surface area (Å²) in [6.45, 7) is 6.36. The molecule has 0 radical (unpaired) electrons. The molecule has 7 heteroatoms. The molecule has 1 aliphatic rings. The molecule has 1 saturated heterocycles. The van der Waals surface area contributed by atoms with Gasteiger partial charge in [0.05, 0.1) is 6.54 Å². The van der Waals surface area contributed by atoms with E-state index < -0.39 is 0 Å². The van der Waals surface area contributed by atoms with Crippen LogP contribution in [0.15, 0.2) is 48.5 Å². The van der Waals surface area contributed by atoms with Crippen LogP contribution in [0.4, 0.5) is 4.79 Å². The van der Waals surface area contributed by atoms with Crippen LogP contribution in [0.2, 0.25) is 5.02 Å². The second-order valence-electron chi connectivity index (χ2n) is 8.24. The van der Waals surface area contributed by atoms with E-state index in [1.165, 1.54) is 24.9 Å². The summed E-state index contributed by atoms with van der Waals surface area (Å²) in [5.41, 5.74) is 3.27. The van der Waals surface area contributed by atoms with Gasteiger partial charge in [-0.2, -0.15) is 0 Å². The van der Waals surface area contributed by atoms with Crippen LogP contribution in [0.5, 0.6) is 0 Å². The third kappa shape index (κ3) is 8.23. The van der Waals surface area contributed by atoms with Crippen molar-refractivity contribution >= 4 is 23.5 Å². The van der Waals surface area contributed by atoms with E-state index in [0.717, 1.165) is 30.1 Å². The lowest BCUT2D eigenvalue weighted by molar-refractivity contribution is -0.120. The Morgan fingerprint density at radius 3 is 2.23 bits per heavy atom. The fourth-order valence-electron chi connectivity index (χ4n) is 3.72.